The fraction of sp³-hybridized carbons (Fsp3) is 0.227. The molecule has 1 aliphatic rings. The van der Waals surface area contributed by atoms with Crippen molar-refractivity contribution >= 4 is 74.8 Å². The molecule has 31 heavy (non-hydrogen) atoms. The lowest BCUT2D eigenvalue weighted by atomic mass is 10.1. The van der Waals surface area contributed by atoms with Crippen LogP contribution in [0.4, 0.5) is 10.5 Å². The van der Waals surface area contributed by atoms with E-state index in [0.717, 1.165) is 35.3 Å². The Kier molecular flexibility index (Phi) is 7.92. The summed E-state index contributed by atoms with van der Waals surface area (Å²) in [5, 5.41) is 5.33. The van der Waals surface area contributed by atoms with Gasteiger partial charge in [-0.25, -0.2) is 9.69 Å². The molecule has 1 aliphatic heterocycles. The summed E-state index contributed by atoms with van der Waals surface area (Å²) < 4.78 is 7.44. The van der Waals surface area contributed by atoms with E-state index < -0.39 is 17.8 Å². The molecule has 9 heteroatoms. The first-order valence-corrected chi connectivity index (χ1v) is 11.8. The van der Waals surface area contributed by atoms with Crippen LogP contribution in [0.15, 0.2) is 42.1 Å². The van der Waals surface area contributed by atoms with Crippen LogP contribution in [0.1, 0.15) is 25.0 Å². The van der Waals surface area contributed by atoms with Gasteiger partial charge in [0.25, 0.3) is 5.91 Å². The third kappa shape index (κ3) is 5.56. The number of carbonyl (C=O) groups excluding carboxylic acids is 3. The van der Waals surface area contributed by atoms with Crippen LogP contribution in [0.3, 0.4) is 0 Å². The maximum absolute atomic E-state index is 12.7. The fourth-order valence-electron chi connectivity index (χ4n) is 3.11. The lowest BCUT2D eigenvalue weighted by Gasteiger charge is -2.13. The van der Waals surface area contributed by atoms with Gasteiger partial charge >= 0.3 is 6.03 Å². The van der Waals surface area contributed by atoms with E-state index in [1.54, 1.807) is 12.1 Å². The molecule has 1 heterocycles. The second kappa shape index (κ2) is 10.4. The highest BCUT2D eigenvalue weighted by Gasteiger charge is 2.35. The number of aryl methyl sites for hydroxylation is 1. The van der Waals surface area contributed by atoms with Gasteiger partial charge in [0, 0.05) is 5.69 Å². The molecule has 3 rings (SSSR count). The quantitative estimate of drug-likeness (QED) is 0.266. The van der Waals surface area contributed by atoms with Gasteiger partial charge in [0.15, 0.2) is 0 Å². The van der Waals surface area contributed by atoms with Crippen molar-refractivity contribution in [3.63, 3.8) is 0 Å². The van der Waals surface area contributed by atoms with E-state index in [9.17, 15) is 14.4 Å². The number of hydrogen-bond acceptors (Lipinski definition) is 4. The van der Waals surface area contributed by atoms with Crippen molar-refractivity contribution in [3.8, 4) is 5.75 Å². The molecule has 2 N–H and O–H groups in total. The van der Waals surface area contributed by atoms with Crippen LogP contribution >= 0.6 is 45.2 Å². The summed E-state index contributed by atoms with van der Waals surface area (Å²) in [6, 6.07) is 10.6. The molecule has 0 saturated carbocycles. The normalized spacial score (nSPS) is 14.7. The lowest BCUT2D eigenvalue weighted by Crippen LogP contribution is -2.38. The van der Waals surface area contributed by atoms with Crippen LogP contribution in [0.2, 0.25) is 0 Å². The Hall–Kier alpha value is -2.15. The minimum Gasteiger partial charge on any atom is -0.492 e. The molecule has 2 aromatic carbocycles. The number of amides is 4. The molecule has 7 nitrogen and oxygen atoms in total. The van der Waals surface area contributed by atoms with Gasteiger partial charge in [0.05, 0.1) is 13.7 Å². The number of urea groups is 1. The minimum absolute atomic E-state index is 0.127. The van der Waals surface area contributed by atoms with Crippen LogP contribution < -0.4 is 15.4 Å². The smallest absolute Gasteiger partial charge is 0.329 e. The molecule has 1 fully saturated rings. The molecule has 0 spiro atoms. The third-order valence-electron chi connectivity index (χ3n) is 4.56. The highest BCUT2D eigenvalue weighted by Crippen LogP contribution is 2.30. The van der Waals surface area contributed by atoms with Crippen molar-refractivity contribution in [1.29, 1.82) is 0 Å². The lowest BCUT2D eigenvalue weighted by molar-refractivity contribution is -0.127. The van der Waals surface area contributed by atoms with Crippen molar-refractivity contribution in [2.75, 3.05) is 18.5 Å². The Labute approximate surface area is 207 Å². The molecule has 4 amide bonds. The molecule has 0 aromatic heterocycles. The standard InChI is InChI=1S/C22H21I2N3O4/c1-3-14-7-5-6-8-17(14)25-19(28)12-27-21(29)18(26-22(27)30)11-13-9-15(23)20(31-4-2)16(24)10-13/h5-11H,3-4,12H2,1-2H3,(H,25,28)(H,26,30)/b18-11+. The monoisotopic (exact) mass is 645 g/mol. The highest BCUT2D eigenvalue weighted by atomic mass is 127. The third-order valence-corrected chi connectivity index (χ3v) is 6.16. The first-order valence-electron chi connectivity index (χ1n) is 9.68. The van der Waals surface area contributed by atoms with Gasteiger partial charge < -0.3 is 15.4 Å². The molecule has 2 aromatic rings. The van der Waals surface area contributed by atoms with Gasteiger partial charge in [0.1, 0.15) is 18.0 Å². The van der Waals surface area contributed by atoms with Gasteiger partial charge in [-0.1, -0.05) is 25.1 Å². The van der Waals surface area contributed by atoms with Crippen LogP contribution in [-0.2, 0) is 16.0 Å². The number of carbonyl (C=O) groups is 3. The minimum atomic E-state index is -0.620. The van der Waals surface area contributed by atoms with Gasteiger partial charge in [-0.15, -0.1) is 0 Å². The highest BCUT2D eigenvalue weighted by molar-refractivity contribution is 14.1. The number of benzene rings is 2. The summed E-state index contributed by atoms with van der Waals surface area (Å²) in [5.74, 6) is -0.183. The number of anilines is 1. The summed E-state index contributed by atoms with van der Waals surface area (Å²) in [4.78, 5) is 38.4. The predicted octanol–water partition coefficient (Wildman–Crippen LogP) is 4.39. The summed E-state index contributed by atoms with van der Waals surface area (Å²) in [6.45, 7) is 4.10. The zero-order valence-electron chi connectivity index (χ0n) is 17.0. The molecule has 1 saturated heterocycles. The number of nitrogens with one attached hydrogen (secondary N) is 2. The predicted molar refractivity (Wildman–Crippen MR) is 136 cm³/mol. The first kappa shape index (κ1) is 23.5. The molecule has 0 radical (unpaired) electrons. The van der Waals surface area contributed by atoms with Crippen LogP contribution in [0.5, 0.6) is 5.75 Å². The van der Waals surface area contributed by atoms with Crippen molar-refractivity contribution in [3.05, 3.63) is 60.4 Å². The molecule has 0 unspecified atom stereocenters. The Morgan fingerprint density at radius 2 is 1.84 bits per heavy atom. The van der Waals surface area contributed by atoms with E-state index in [1.807, 2.05) is 44.2 Å². The van der Waals surface area contributed by atoms with E-state index in [4.69, 9.17) is 4.74 Å². The second-order valence-electron chi connectivity index (χ2n) is 6.69. The molecule has 162 valence electrons. The fourth-order valence-corrected chi connectivity index (χ4v) is 5.24. The van der Waals surface area contributed by atoms with Gasteiger partial charge in [-0.3, -0.25) is 9.59 Å². The number of nitrogens with zero attached hydrogens (tertiary/aromatic N) is 1. The van der Waals surface area contributed by atoms with Gasteiger partial charge in [-0.05, 0) is 93.9 Å². The number of imide groups is 1. The Balaban J connectivity index is 1.74. The maximum atomic E-state index is 12.7. The number of hydrogen-bond donors (Lipinski definition) is 2. The Bertz CT molecular complexity index is 1050. The Morgan fingerprint density at radius 3 is 2.48 bits per heavy atom. The number of ether oxygens (including phenoxy) is 1. The molecular weight excluding hydrogens is 624 g/mol. The average Bonchev–Trinajstić information content (AvgIpc) is 2.98. The van der Waals surface area contributed by atoms with Crippen molar-refractivity contribution in [2.24, 2.45) is 0 Å². The van der Waals surface area contributed by atoms with E-state index in [1.165, 1.54) is 0 Å². The van der Waals surface area contributed by atoms with E-state index in [-0.39, 0.29) is 12.2 Å². The second-order valence-corrected chi connectivity index (χ2v) is 9.01. The largest absolute Gasteiger partial charge is 0.492 e. The first-order chi connectivity index (χ1) is 14.8. The SMILES string of the molecule is CCOc1c(I)cc(/C=C2/NC(=O)N(CC(=O)Nc3ccccc3CC)C2=O)cc1I. The number of para-hydroxylation sites is 1. The van der Waals surface area contributed by atoms with Crippen LogP contribution in [0.25, 0.3) is 6.08 Å². The van der Waals surface area contributed by atoms with E-state index >= 15 is 0 Å². The molecule has 0 atom stereocenters. The summed E-state index contributed by atoms with van der Waals surface area (Å²) in [5.41, 5.74) is 2.54. The summed E-state index contributed by atoms with van der Waals surface area (Å²) in [6.07, 6.45) is 2.36. The zero-order valence-corrected chi connectivity index (χ0v) is 21.3. The number of rotatable bonds is 7. The average molecular weight is 645 g/mol. The maximum Gasteiger partial charge on any atom is 0.329 e. The van der Waals surface area contributed by atoms with Crippen molar-refractivity contribution in [2.45, 2.75) is 20.3 Å². The zero-order chi connectivity index (χ0) is 22.5. The van der Waals surface area contributed by atoms with Crippen molar-refractivity contribution < 1.29 is 19.1 Å². The van der Waals surface area contributed by atoms with Crippen LogP contribution in [0, 0.1) is 7.14 Å². The summed E-state index contributed by atoms with van der Waals surface area (Å²) >= 11 is 4.34. The van der Waals surface area contributed by atoms with Crippen LogP contribution in [-0.4, -0.2) is 35.9 Å². The molecule has 0 bridgehead atoms. The number of halogens is 2. The molecule has 0 aliphatic carbocycles. The summed E-state index contributed by atoms with van der Waals surface area (Å²) in [7, 11) is 0. The van der Waals surface area contributed by atoms with Crippen molar-refractivity contribution in [1.82, 2.24) is 10.2 Å². The van der Waals surface area contributed by atoms with E-state index in [0.29, 0.717) is 12.3 Å². The topological polar surface area (TPSA) is 87.7 Å². The van der Waals surface area contributed by atoms with E-state index in [2.05, 4.69) is 55.8 Å². The molecular formula is C22H21I2N3O4. The van der Waals surface area contributed by atoms with Gasteiger partial charge in [0.2, 0.25) is 5.91 Å². The Morgan fingerprint density at radius 1 is 1.16 bits per heavy atom. The van der Waals surface area contributed by atoms with Gasteiger partial charge in [-0.2, -0.15) is 0 Å².